The highest BCUT2D eigenvalue weighted by Crippen LogP contribution is 2.61. The van der Waals surface area contributed by atoms with Crippen molar-refractivity contribution in [1.29, 1.82) is 0 Å². The van der Waals surface area contributed by atoms with Crippen molar-refractivity contribution in [3.63, 3.8) is 0 Å². The first-order chi connectivity index (χ1) is 12.0. The normalized spacial score (nSPS) is 14.7. The molecular formula is C13H19F9O3S. The highest BCUT2D eigenvalue weighted by molar-refractivity contribution is 7.87. The summed E-state index contributed by atoms with van der Waals surface area (Å²) in [4.78, 5) is 0. The minimum atomic E-state index is -6.13. The lowest BCUT2D eigenvalue weighted by molar-refractivity contribution is -0.182. The fourth-order valence-electron chi connectivity index (χ4n) is 3.22. The van der Waals surface area contributed by atoms with Crippen molar-refractivity contribution in [3.8, 4) is 0 Å². The predicted molar refractivity (Wildman–Crippen MR) is 75.4 cm³/mol. The van der Waals surface area contributed by atoms with Crippen LogP contribution in [-0.2, 0) is 10.1 Å². The molecule has 0 aromatic heterocycles. The van der Waals surface area contributed by atoms with Gasteiger partial charge in [-0.1, -0.05) is 0 Å². The topological polar surface area (TPSA) is 54.4 Å². The maximum Gasteiger partial charge on any atom is 0.276 e. The molecule has 0 aromatic carbocycles. The van der Waals surface area contributed by atoms with Crippen molar-refractivity contribution in [3.05, 3.63) is 0 Å². The van der Waals surface area contributed by atoms with E-state index in [1.165, 1.54) is 0 Å². The molecule has 0 aliphatic heterocycles. The van der Waals surface area contributed by atoms with Crippen LogP contribution in [0.25, 0.3) is 0 Å². The molecule has 26 heavy (non-hydrogen) atoms. The Morgan fingerprint density at radius 3 is 1.00 bits per heavy atom. The molecule has 3 nitrogen and oxygen atoms in total. The number of alkyl halides is 9. The monoisotopic (exact) mass is 426 g/mol. The second kappa shape index (κ2) is 8.98. The summed E-state index contributed by atoms with van der Waals surface area (Å²) in [5, 5.41) is 0. The van der Waals surface area contributed by atoms with Crippen LogP contribution in [-0.4, -0.2) is 77.8 Å². The number of hydrogen-bond donors (Lipinski definition) is 1. The van der Waals surface area contributed by atoms with E-state index in [2.05, 4.69) is 0 Å². The van der Waals surface area contributed by atoms with Gasteiger partial charge >= 0.3 is 0 Å². The first-order valence-electron chi connectivity index (χ1n) is 7.06. The zero-order valence-electron chi connectivity index (χ0n) is 13.4. The molecule has 158 valence electrons. The van der Waals surface area contributed by atoms with Crippen molar-refractivity contribution in [2.24, 2.45) is 16.2 Å². The number of halogens is 9. The highest BCUT2D eigenvalue weighted by Gasteiger charge is 2.75. The summed E-state index contributed by atoms with van der Waals surface area (Å²) in [6.45, 7) is -22.1. The van der Waals surface area contributed by atoms with Gasteiger partial charge in [0.1, 0.15) is 46.7 Å². The smallest absolute Gasteiger partial charge is 0.276 e. The van der Waals surface area contributed by atoms with Crippen LogP contribution in [0.4, 0.5) is 39.5 Å². The Morgan fingerprint density at radius 1 is 0.538 bits per heavy atom. The van der Waals surface area contributed by atoms with Crippen molar-refractivity contribution in [2.75, 3.05) is 60.1 Å². The first-order valence-corrected chi connectivity index (χ1v) is 8.50. The van der Waals surface area contributed by atoms with Gasteiger partial charge in [0.2, 0.25) is 0 Å². The summed E-state index contributed by atoms with van der Waals surface area (Å²) in [6, 6.07) is 0. The SMILES string of the molecule is O=S(=O)(O)C(CF)(CF)C(CF)(CF)C(CF)(CF)C(CF)(CF)CF. The molecule has 0 aliphatic carbocycles. The predicted octanol–water partition coefficient (Wildman–Crippen LogP) is 3.30. The number of hydrogen-bond acceptors (Lipinski definition) is 2. The van der Waals surface area contributed by atoms with Gasteiger partial charge in [0, 0.05) is 0 Å². The standard InChI is InChI=1S/C13H19F9O3S/c14-1-10(2-15,3-16)11(4-17,5-18)12(6-19,7-20)13(8-21,9-22)26(23,24)25/h1-9H2,(H,23,24,25). The third kappa shape index (κ3) is 2.98. The molecule has 0 saturated carbocycles. The second-order valence-corrected chi connectivity index (χ2v) is 7.85. The molecule has 0 saturated heterocycles. The Kier molecular flexibility index (Phi) is 8.73. The van der Waals surface area contributed by atoms with Gasteiger partial charge in [-0.3, -0.25) is 35.3 Å². The summed E-state index contributed by atoms with van der Waals surface area (Å²) in [7, 11) is -6.13. The molecule has 0 bridgehead atoms. The minimum Gasteiger partial charge on any atom is -0.285 e. The first kappa shape index (κ1) is 25.3. The van der Waals surface area contributed by atoms with Crippen molar-refractivity contribution in [1.82, 2.24) is 0 Å². The van der Waals surface area contributed by atoms with Crippen LogP contribution < -0.4 is 0 Å². The third-order valence-corrected chi connectivity index (χ3v) is 7.01. The Hall–Kier alpha value is -0.720. The lowest BCUT2D eigenvalue weighted by Crippen LogP contribution is -2.73. The maximum absolute atomic E-state index is 13.9. The van der Waals surface area contributed by atoms with Crippen LogP contribution >= 0.6 is 0 Å². The van der Waals surface area contributed by atoms with Gasteiger partial charge in [-0.05, 0) is 0 Å². The van der Waals surface area contributed by atoms with Crippen LogP contribution in [0.15, 0.2) is 0 Å². The van der Waals surface area contributed by atoms with E-state index < -0.39 is 91.2 Å². The largest absolute Gasteiger partial charge is 0.285 e. The van der Waals surface area contributed by atoms with Crippen molar-refractivity contribution < 1.29 is 52.5 Å². The molecule has 0 aromatic rings. The van der Waals surface area contributed by atoms with Crippen LogP contribution in [0.3, 0.4) is 0 Å². The average Bonchev–Trinajstić information content (AvgIpc) is 2.64. The molecule has 0 radical (unpaired) electrons. The van der Waals surface area contributed by atoms with E-state index in [1.807, 2.05) is 0 Å². The van der Waals surface area contributed by atoms with Gasteiger partial charge in [0.05, 0.1) is 29.6 Å². The van der Waals surface area contributed by atoms with Crippen LogP contribution in [0, 0.1) is 16.2 Å². The molecule has 1 N–H and O–H groups in total. The zero-order valence-corrected chi connectivity index (χ0v) is 14.3. The quantitative estimate of drug-likeness (QED) is 0.363. The van der Waals surface area contributed by atoms with E-state index in [0.29, 0.717) is 0 Å². The lowest BCUT2D eigenvalue weighted by Gasteiger charge is -2.58. The Labute approximate surface area is 144 Å². The molecule has 0 aliphatic rings. The molecule has 0 unspecified atom stereocenters. The molecule has 13 heteroatoms. The Balaban J connectivity index is 7.40. The van der Waals surface area contributed by atoms with Crippen LogP contribution in [0.5, 0.6) is 0 Å². The van der Waals surface area contributed by atoms with Gasteiger partial charge in [-0.2, -0.15) is 8.42 Å². The minimum absolute atomic E-state index is 2.27. The third-order valence-electron chi connectivity index (χ3n) is 5.41. The van der Waals surface area contributed by atoms with Gasteiger partial charge < -0.3 is 0 Å². The molecule has 0 heterocycles. The van der Waals surface area contributed by atoms with Gasteiger partial charge in [0.15, 0.2) is 4.75 Å². The van der Waals surface area contributed by atoms with Gasteiger partial charge in [-0.25, -0.2) is 8.78 Å². The van der Waals surface area contributed by atoms with Crippen LogP contribution in [0.1, 0.15) is 0 Å². The van der Waals surface area contributed by atoms with E-state index in [1.54, 1.807) is 0 Å². The van der Waals surface area contributed by atoms with Gasteiger partial charge in [-0.15, -0.1) is 0 Å². The molecule has 0 atom stereocenters. The average molecular weight is 426 g/mol. The van der Waals surface area contributed by atoms with E-state index in [-0.39, 0.29) is 0 Å². The van der Waals surface area contributed by atoms with E-state index in [0.717, 1.165) is 0 Å². The fourth-order valence-corrected chi connectivity index (χ4v) is 4.29. The van der Waals surface area contributed by atoms with Crippen molar-refractivity contribution in [2.45, 2.75) is 4.75 Å². The second-order valence-electron chi connectivity index (χ2n) is 6.12. The summed E-state index contributed by atoms with van der Waals surface area (Å²) < 4.78 is 151. The summed E-state index contributed by atoms with van der Waals surface area (Å²) in [6.07, 6.45) is 0. The molecule has 0 rings (SSSR count). The number of rotatable bonds is 13. The van der Waals surface area contributed by atoms with E-state index in [9.17, 15) is 52.5 Å². The van der Waals surface area contributed by atoms with Crippen molar-refractivity contribution >= 4 is 10.1 Å². The lowest BCUT2D eigenvalue weighted by atomic mass is 9.49. The Morgan fingerprint density at radius 2 is 0.846 bits per heavy atom. The summed E-state index contributed by atoms with van der Waals surface area (Å²) in [5.74, 6) is 0. The summed E-state index contributed by atoms with van der Waals surface area (Å²) in [5.41, 5.74) is -11.3. The molecular weight excluding hydrogens is 407 g/mol. The van der Waals surface area contributed by atoms with Gasteiger partial charge in [0.25, 0.3) is 10.1 Å². The summed E-state index contributed by atoms with van der Waals surface area (Å²) >= 11 is 0. The zero-order chi connectivity index (χ0) is 20.9. The maximum atomic E-state index is 13.9. The molecule has 0 fully saturated rings. The molecule has 0 amide bonds. The molecule has 0 spiro atoms. The van der Waals surface area contributed by atoms with Crippen LogP contribution in [0.2, 0.25) is 0 Å². The van der Waals surface area contributed by atoms with E-state index >= 15 is 0 Å². The highest BCUT2D eigenvalue weighted by atomic mass is 32.2. The van der Waals surface area contributed by atoms with E-state index in [4.69, 9.17) is 0 Å². The Bertz CT molecular complexity index is 519. The fraction of sp³-hybridized carbons (Fsp3) is 1.00.